The fourth-order valence-corrected chi connectivity index (χ4v) is 2.98. The van der Waals surface area contributed by atoms with Gasteiger partial charge in [0.25, 0.3) is 5.91 Å². The summed E-state index contributed by atoms with van der Waals surface area (Å²) in [6, 6.07) is 17.6. The molecule has 0 radical (unpaired) electrons. The number of benzene rings is 2. The van der Waals surface area contributed by atoms with Crippen LogP contribution < -0.4 is 10.1 Å². The molecule has 2 unspecified atom stereocenters. The standard InChI is InChI=1S/C21H25NO3/c1-15(25-19-9-5-8-17(12-19)14-23)21(24)22-20(18-10-11-18)13-16-6-3-2-4-7-16/h2-9,12,15,18,20,23H,10-11,13-14H2,1H3,(H,22,24). The van der Waals surface area contributed by atoms with Crippen molar-refractivity contribution in [2.75, 3.05) is 0 Å². The summed E-state index contributed by atoms with van der Waals surface area (Å²) in [6.07, 6.45) is 2.62. The zero-order valence-corrected chi connectivity index (χ0v) is 14.5. The van der Waals surface area contributed by atoms with E-state index in [-0.39, 0.29) is 18.6 Å². The van der Waals surface area contributed by atoms with Gasteiger partial charge in [0.15, 0.2) is 6.10 Å². The molecular weight excluding hydrogens is 314 g/mol. The zero-order chi connectivity index (χ0) is 17.6. The molecule has 2 atom stereocenters. The molecule has 2 N–H and O–H groups in total. The van der Waals surface area contributed by atoms with Crippen molar-refractivity contribution in [3.8, 4) is 5.75 Å². The highest BCUT2D eigenvalue weighted by Crippen LogP contribution is 2.34. The summed E-state index contributed by atoms with van der Waals surface area (Å²) < 4.78 is 5.75. The highest BCUT2D eigenvalue weighted by Gasteiger charge is 2.33. The van der Waals surface area contributed by atoms with Crippen molar-refractivity contribution in [3.63, 3.8) is 0 Å². The molecule has 3 rings (SSSR count). The van der Waals surface area contributed by atoms with E-state index >= 15 is 0 Å². The van der Waals surface area contributed by atoms with Gasteiger partial charge in [-0.25, -0.2) is 0 Å². The van der Waals surface area contributed by atoms with Crippen LogP contribution in [0.1, 0.15) is 30.9 Å². The van der Waals surface area contributed by atoms with Crippen LogP contribution in [0.15, 0.2) is 54.6 Å². The Morgan fingerprint density at radius 2 is 1.88 bits per heavy atom. The van der Waals surface area contributed by atoms with Crippen LogP contribution in [0.4, 0.5) is 0 Å². The third kappa shape index (κ3) is 5.07. The van der Waals surface area contributed by atoms with Crippen LogP contribution >= 0.6 is 0 Å². The second kappa shape index (κ2) is 8.17. The van der Waals surface area contributed by atoms with E-state index in [0.29, 0.717) is 11.7 Å². The summed E-state index contributed by atoms with van der Waals surface area (Å²) in [7, 11) is 0. The molecule has 1 aliphatic rings. The fraction of sp³-hybridized carbons (Fsp3) is 0.381. The molecule has 1 saturated carbocycles. The first kappa shape index (κ1) is 17.5. The largest absolute Gasteiger partial charge is 0.481 e. The molecule has 1 fully saturated rings. The smallest absolute Gasteiger partial charge is 0.261 e. The molecule has 0 aromatic heterocycles. The van der Waals surface area contributed by atoms with Crippen LogP contribution in [0.2, 0.25) is 0 Å². The van der Waals surface area contributed by atoms with E-state index < -0.39 is 6.10 Å². The van der Waals surface area contributed by atoms with E-state index in [2.05, 4.69) is 17.4 Å². The molecule has 25 heavy (non-hydrogen) atoms. The van der Waals surface area contributed by atoms with Crippen LogP contribution in [0.5, 0.6) is 5.75 Å². The number of ether oxygens (including phenoxy) is 1. The first-order chi connectivity index (χ1) is 12.2. The van der Waals surface area contributed by atoms with Crippen LogP contribution in [0, 0.1) is 5.92 Å². The summed E-state index contributed by atoms with van der Waals surface area (Å²) in [4.78, 5) is 12.5. The molecule has 0 saturated heterocycles. The van der Waals surface area contributed by atoms with E-state index in [1.807, 2.05) is 30.3 Å². The number of aliphatic hydroxyl groups is 1. The number of nitrogens with one attached hydrogen (secondary N) is 1. The molecule has 0 bridgehead atoms. The average Bonchev–Trinajstić information content (AvgIpc) is 3.47. The van der Waals surface area contributed by atoms with E-state index in [9.17, 15) is 9.90 Å². The Kier molecular flexibility index (Phi) is 5.71. The first-order valence-corrected chi connectivity index (χ1v) is 8.86. The van der Waals surface area contributed by atoms with Crippen molar-refractivity contribution in [1.82, 2.24) is 5.32 Å². The molecule has 132 valence electrons. The second-order valence-electron chi connectivity index (χ2n) is 6.71. The van der Waals surface area contributed by atoms with Crippen molar-refractivity contribution in [1.29, 1.82) is 0 Å². The molecule has 0 heterocycles. The van der Waals surface area contributed by atoms with Gasteiger partial charge in [0.2, 0.25) is 0 Å². The van der Waals surface area contributed by atoms with Gasteiger partial charge >= 0.3 is 0 Å². The number of hydrogen-bond acceptors (Lipinski definition) is 3. The Morgan fingerprint density at radius 3 is 2.56 bits per heavy atom. The summed E-state index contributed by atoms with van der Waals surface area (Å²) in [5.41, 5.74) is 2.01. The lowest BCUT2D eigenvalue weighted by Crippen LogP contribution is -2.44. The van der Waals surface area contributed by atoms with Crippen LogP contribution in [-0.2, 0) is 17.8 Å². The number of carbonyl (C=O) groups is 1. The third-order valence-electron chi connectivity index (χ3n) is 4.58. The molecule has 4 heteroatoms. The lowest BCUT2D eigenvalue weighted by atomic mass is 10.0. The Morgan fingerprint density at radius 1 is 1.16 bits per heavy atom. The monoisotopic (exact) mass is 339 g/mol. The van der Waals surface area contributed by atoms with Gasteiger partial charge < -0.3 is 15.2 Å². The molecule has 1 amide bonds. The maximum atomic E-state index is 12.5. The van der Waals surface area contributed by atoms with Gasteiger partial charge in [-0.1, -0.05) is 42.5 Å². The van der Waals surface area contributed by atoms with E-state index in [0.717, 1.165) is 12.0 Å². The van der Waals surface area contributed by atoms with Gasteiger partial charge in [0.1, 0.15) is 5.75 Å². The van der Waals surface area contributed by atoms with Gasteiger partial charge in [-0.15, -0.1) is 0 Å². The molecule has 2 aromatic carbocycles. The van der Waals surface area contributed by atoms with Gasteiger partial charge in [0, 0.05) is 6.04 Å². The first-order valence-electron chi connectivity index (χ1n) is 8.86. The summed E-state index contributed by atoms with van der Waals surface area (Å²) in [5.74, 6) is 1.07. The Labute approximate surface area is 148 Å². The van der Waals surface area contributed by atoms with E-state index in [1.165, 1.54) is 18.4 Å². The van der Waals surface area contributed by atoms with Gasteiger partial charge in [0.05, 0.1) is 6.61 Å². The van der Waals surface area contributed by atoms with E-state index in [1.54, 1.807) is 19.1 Å². The fourth-order valence-electron chi connectivity index (χ4n) is 2.98. The Balaban J connectivity index is 1.58. The maximum Gasteiger partial charge on any atom is 0.261 e. The minimum absolute atomic E-state index is 0.0430. The van der Waals surface area contributed by atoms with Gasteiger partial charge in [-0.3, -0.25) is 4.79 Å². The zero-order valence-electron chi connectivity index (χ0n) is 14.5. The number of amides is 1. The minimum Gasteiger partial charge on any atom is -0.481 e. The highest BCUT2D eigenvalue weighted by molar-refractivity contribution is 5.81. The summed E-state index contributed by atoms with van der Waals surface area (Å²) in [5, 5.41) is 12.4. The van der Waals surface area contributed by atoms with Crippen molar-refractivity contribution in [2.24, 2.45) is 5.92 Å². The lowest BCUT2D eigenvalue weighted by Gasteiger charge is -2.22. The normalized spacial score (nSPS) is 16.1. The summed E-state index contributed by atoms with van der Waals surface area (Å²) in [6.45, 7) is 1.71. The number of rotatable bonds is 8. The Hall–Kier alpha value is -2.33. The predicted octanol–water partition coefficient (Wildman–Crippen LogP) is 3.08. The van der Waals surface area contributed by atoms with Crippen molar-refractivity contribution < 1.29 is 14.6 Å². The number of carbonyl (C=O) groups excluding carboxylic acids is 1. The molecule has 0 aliphatic heterocycles. The average molecular weight is 339 g/mol. The molecule has 1 aliphatic carbocycles. The minimum atomic E-state index is -0.578. The van der Waals surface area contributed by atoms with Gasteiger partial charge in [-0.05, 0) is 55.4 Å². The molecular formula is C21H25NO3. The number of hydrogen-bond donors (Lipinski definition) is 2. The predicted molar refractivity (Wildman–Crippen MR) is 97.3 cm³/mol. The summed E-state index contributed by atoms with van der Waals surface area (Å²) >= 11 is 0. The van der Waals surface area contributed by atoms with Crippen LogP contribution in [0.25, 0.3) is 0 Å². The molecule has 2 aromatic rings. The van der Waals surface area contributed by atoms with E-state index in [4.69, 9.17) is 4.74 Å². The van der Waals surface area contributed by atoms with Crippen molar-refractivity contribution >= 4 is 5.91 Å². The van der Waals surface area contributed by atoms with Gasteiger partial charge in [-0.2, -0.15) is 0 Å². The lowest BCUT2D eigenvalue weighted by molar-refractivity contribution is -0.128. The Bertz CT molecular complexity index is 697. The maximum absolute atomic E-state index is 12.5. The van der Waals surface area contributed by atoms with Crippen LogP contribution in [0.3, 0.4) is 0 Å². The van der Waals surface area contributed by atoms with Crippen molar-refractivity contribution in [2.45, 2.75) is 44.9 Å². The molecule has 0 spiro atoms. The SMILES string of the molecule is CC(Oc1cccc(CO)c1)C(=O)NC(Cc1ccccc1)C1CC1. The second-order valence-corrected chi connectivity index (χ2v) is 6.71. The quantitative estimate of drug-likeness (QED) is 0.777. The van der Waals surface area contributed by atoms with Crippen molar-refractivity contribution in [3.05, 3.63) is 65.7 Å². The van der Waals surface area contributed by atoms with Crippen LogP contribution in [-0.4, -0.2) is 23.2 Å². The topological polar surface area (TPSA) is 58.6 Å². The third-order valence-corrected chi connectivity index (χ3v) is 4.58. The highest BCUT2D eigenvalue weighted by atomic mass is 16.5. The number of aliphatic hydroxyl groups excluding tert-OH is 1. The molecule has 4 nitrogen and oxygen atoms in total.